The van der Waals surface area contributed by atoms with E-state index in [1.54, 1.807) is 44.2 Å². The standard InChI is InChI=1S/C21H22Cl3NO6S/c1-4-18(31-32(27,28)20-11-16(23)15(22)10-17(20)24)13(2)19(12-25-29-3)30-21(26)14-8-6-5-7-9-14/h5-13,18-19H,4H2,1-3H3/t13-,18-,19+/m1/s1. The van der Waals surface area contributed by atoms with Gasteiger partial charge in [-0.05, 0) is 30.7 Å². The largest absolute Gasteiger partial charge is 0.452 e. The molecule has 0 aliphatic rings. The molecule has 0 heterocycles. The molecule has 0 aromatic heterocycles. The van der Waals surface area contributed by atoms with E-state index in [0.717, 1.165) is 6.07 Å². The molecule has 0 spiro atoms. The molecule has 174 valence electrons. The van der Waals surface area contributed by atoms with Crippen LogP contribution in [0.5, 0.6) is 0 Å². The number of ether oxygens (including phenoxy) is 1. The first-order valence-corrected chi connectivity index (χ1v) is 12.0. The predicted molar refractivity (Wildman–Crippen MR) is 124 cm³/mol. The van der Waals surface area contributed by atoms with Crippen LogP contribution in [0.1, 0.15) is 30.6 Å². The maximum atomic E-state index is 12.9. The van der Waals surface area contributed by atoms with Gasteiger partial charge in [-0.25, -0.2) is 4.79 Å². The van der Waals surface area contributed by atoms with E-state index >= 15 is 0 Å². The Kier molecular flexibility index (Phi) is 9.79. The highest BCUT2D eigenvalue weighted by Gasteiger charge is 2.33. The topological polar surface area (TPSA) is 91.3 Å². The summed E-state index contributed by atoms with van der Waals surface area (Å²) in [7, 11) is -2.98. The van der Waals surface area contributed by atoms with E-state index in [-0.39, 0.29) is 26.4 Å². The number of benzene rings is 2. The summed E-state index contributed by atoms with van der Waals surface area (Å²) in [5, 5.41) is 3.68. The van der Waals surface area contributed by atoms with Crippen molar-refractivity contribution in [2.45, 2.75) is 37.4 Å². The smallest absolute Gasteiger partial charge is 0.338 e. The van der Waals surface area contributed by atoms with Gasteiger partial charge in [0.1, 0.15) is 18.1 Å². The van der Waals surface area contributed by atoms with Crippen molar-refractivity contribution in [3.8, 4) is 0 Å². The van der Waals surface area contributed by atoms with Crippen molar-refractivity contribution in [3.63, 3.8) is 0 Å². The average Bonchev–Trinajstić information content (AvgIpc) is 2.77. The number of nitrogens with zero attached hydrogens (tertiary/aromatic N) is 1. The van der Waals surface area contributed by atoms with Crippen LogP contribution in [-0.2, 0) is 23.9 Å². The Morgan fingerprint density at radius 2 is 1.72 bits per heavy atom. The molecule has 0 aliphatic carbocycles. The number of hydrogen-bond donors (Lipinski definition) is 0. The summed E-state index contributed by atoms with van der Waals surface area (Å²) >= 11 is 17.9. The summed E-state index contributed by atoms with van der Waals surface area (Å²) in [5.41, 5.74) is 0.333. The van der Waals surface area contributed by atoms with Crippen molar-refractivity contribution >= 4 is 57.1 Å². The Morgan fingerprint density at radius 3 is 2.31 bits per heavy atom. The molecule has 0 N–H and O–H groups in total. The lowest BCUT2D eigenvalue weighted by Crippen LogP contribution is -2.37. The maximum absolute atomic E-state index is 12.9. The Balaban J connectivity index is 2.28. The third-order valence-electron chi connectivity index (χ3n) is 4.57. The van der Waals surface area contributed by atoms with Gasteiger partial charge in [-0.15, -0.1) is 0 Å². The average molecular weight is 523 g/mol. The number of carbonyl (C=O) groups excluding carboxylic acids is 1. The first-order chi connectivity index (χ1) is 15.1. The molecule has 32 heavy (non-hydrogen) atoms. The molecule has 0 fully saturated rings. The molecule has 0 radical (unpaired) electrons. The molecule has 0 aliphatic heterocycles. The predicted octanol–water partition coefficient (Wildman–Crippen LogP) is 5.62. The minimum absolute atomic E-state index is 0.0150. The van der Waals surface area contributed by atoms with Crippen molar-refractivity contribution in [2.75, 3.05) is 7.11 Å². The molecule has 2 rings (SSSR count). The van der Waals surface area contributed by atoms with Crippen LogP contribution in [-0.4, -0.2) is 39.9 Å². The Hall–Kier alpha value is -1.84. The van der Waals surface area contributed by atoms with Gasteiger partial charge < -0.3 is 9.57 Å². The van der Waals surface area contributed by atoms with E-state index in [1.807, 2.05) is 0 Å². The van der Waals surface area contributed by atoms with Gasteiger partial charge in [0.2, 0.25) is 0 Å². The van der Waals surface area contributed by atoms with Gasteiger partial charge in [0, 0.05) is 5.92 Å². The minimum Gasteiger partial charge on any atom is -0.452 e. The number of halogens is 3. The number of carbonyl (C=O) groups is 1. The van der Waals surface area contributed by atoms with Crippen LogP contribution in [0.3, 0.4) is 0 Å². The summed E-state index contributed by atoms with van der Waals surface area (Å²) in [4.78, 5) is 16.9. The van der Waals surface area contributed by atoms with Gasteiger partial charge in [0.05, 0.1) is 32.9 Å². The van der Waals surface area contributed by atoms with Gasteiger partial charge in [-0.3, -0.25) is 4.18 Å². The quantitative estimate of drug-likeness (QED) is 0.132. The van der Waals surface area contributed by atoms with Crippen LogP contribution in [0.15, 0.2) is 52.5 Å². The van der Waals surface area contributed by atoms with Crippen molar-refractivity contribution in [2.24, 2.45) is 11.1 Å². The third-order valence-corrected chi connectivity index (χ3v) is 7.09. The van der Waals surface area contributed by atoms with Gasteiger partial charge in [-0.2, -0.15) is 8.42 Å². The second-order valence-electron chi connectivity index (χ2n) is 6.73. The van der Waals surface area contributed by atoms with E-state index in [9.17, 15) is 13.2 Å². The molecule has 2 aromatic rings. The van der Waals surface area contributed by atoms with E-state index in [1.165, 1.54) is 19.4 Å². The molecule has 0 saturated carbocycles. The molecular weight excluding hydrogens is 501 g/mol. The first kappa shape index (κ1) is 26.4. The van der Waals surface area contributed by atoms with Gasteiger partial charge in [0.25, 0.3) is 10.1 Å². The minimum atomic E-state index is -4.31. The zero-order chi connectivity index (χ0) is 23.9. The molecule has 7 nitrogen and oxygen atoms in total. The third kappa shape index (κ3) is 6.83. The van der Waals surface area contributed by atoms with Gasteiger partial charge >= 0.3 is 5.97 Å². The summed E-state index contributed by atoms with van der Waals surface area (Å²) in [6.07, 6.45) is -0.273. The maximum Gasteiger partial charge on any atom is 0.338 e. The van der Waals surface area contributed by atoms with Crippen molar-refractivity contribution < 1.29 is 27.0 Å². The van der Waals surface area contributed by atoms with Crippen LogP contribution in [0.2, 0.25) is 15.1 Å². The van der Waals surface area contributed by atoms with Crippen molar-refractivity contribution in [3.05, 3.63) is 63.1 Å². The van der Waals surface area contributed by atoms with Crippen molar-refractivity contribution in [1.82, 2.24) is 0 Å². The van der Waals surface area contributed by atoms with E-state index in [2.05, 4.69) is 5.16 Å². The Labute approximate surface area is 202 Å². The lowest BCUT2D eigenvalue weighted by molar-refractivity contribution is 0.0162. The van der Waals surface area contributed by atoms with Crippen LogP contribution < -0.4 is 0 Å². The van der Waals surface area contributed by atoms with E-state index in [4.69, 9.17) is 48.6 Å². The molecule has 2 aromatic carbocycles. The molecule has 0 saturated heterocycles. The second kappa shape index (κ2) is 11.9. The van der Waals surface area contributed by atoms with E-state index < -0.39 is 34.2 Å². The fraction of sp³-hybridized carbons (Fsp3) is 0.333. The normalized spacial score (nSPS) is 14.7. The number of hydrogen-bond acceptors (Lipinski definition) is 7. The monoisotopic (exact) mass is 521 g/mol. The van der Waals surface area contributed by atoms with Crippen molar-refractivity contribution in [1.29, 1.82) is 0 Å². The fourth-order valence-electron chi connectivity index (χ4n) is 2.81. The highest BCUT2D eigenvalue weighted by Crippen LogP contribution is 2.34. The van der Waals surface area contributed by atoms with Crippen LogP contribution in [0.4, 0.5) is 0 Å². The second-order valence-corrected chi connectivity index (χ2v) is 9.49. The summed E-state index contributed by atoms with van der Waals surface area (Å²) in [6.45, 7) is 3.40. The van der Waals surface area contributed by atoms with Crippen LogP contribution in [0.25, 0.3) is 0 Å². The zero-order valence-corrected chi connectivity index (χ0v) is 20.6. The summed E-state index contributed by atoms with van der Waals surface area (Å²) in [5.74, 6) is -1.22. The SMILES string of the molecule is CC[C@@H](OS(=O)(=O)c1cc(Cl)c(Cl)cc1Cl)[C@@H](C)[C@H](C=NOC)OC(=O)c1ccccc1. The lowest BCUT2D eigenvalue weighted by atomic mass is 9.97. The zero-order valence-electron chi connectivity index (χ0n) is 17.5. The number of rotatable bonds is 10. The Bertz CT molecular complexity index is 1060. The highest BCUT2D eigenvalue weighted by molar-refractivity contribution is 7.87. The van der Waals surface area contributed by atoms with Crippen LogP contribution >= 0.6 is 34.8 Å². The highest BCUT2D eigenvalue weighted by atomic mass is 35.5. The molecule has 0 bridgehead atoms. The van der Waals surface area contributed by atoms with Gasteiger partial charge in [-0.1, -0.05) is 72.0 Å². The molecule has 0 unspecified atom stereocenters. The molecular formula is C21H22Cl3NO6S. The summed E-state index contributed by atoms with van der Waals surface area (Å²) in [6, 6.07) is 10.7. The van der Waals surface area contributed by atoms with Gasteiger partial charge in [0.15, 0.2) is 0 Å². The lowest BCUT2D eigenvalue weighted by Gasteiger charge is -2.27. The van der Waals surface area contributed by atoms with E-state index in [0.29, 0.717) is 5.56 Å². The summed E-state index contributed by atoms with van der Waals surface area (Å²) < 4.78 is 36.8. The molecule has 11 heteroatoms. The fourth-order valence-corrected chi connectivity index (χ4v) is 5.01. The molecule has 0 amide bonds. The number of esters is 1. The molecule has 3 atom stereocenters. The Morgan fingerprint density at radius 1 is 1.09 bits per heavy atom. The first-order valence-electron chi connectivity index (χ1n) is 9.51. The van der Waals surface area contributed by atoms with Crippen LogP contribution in [0, 0.1) is 5.92 Å². The number of oxime groups is 1.